The first-order valence-corrected chi connectivity index (χ1v) is 7.85. The number of ether oxygens (including phenoxy) is 1. The number of benzene rings is 1. The molecule has 1 atom stereocenters. The summed E-state index contributed by atoms with van der Waals surface area (Å²) in [5, 5.41) is 6.79. The highest BCUT2D eigenvalue weighted by atomic mass is 16.5. The quantitative estimate of drug-likeness (QED) is 0.824. The number of carbonyl (C=O) groups excluding carboxylic acids is 2. The molecule has 2 rings (SSSR count). The van der Waals surface area contributed by atoms with E-state index in [0.29, 0.717) is 23.4 Å². The third kappa shape index (κ3) is 4.01. The van der Waals surface area contributed by atoms with Gasteiger partial charge >= 0.3 is 5.97 Å². The second-order valence-corrected chi connectivity index (χ2v) is 5.63. The number of aryl methyl sites for hydroxylation is 3. The van der Waals surface area contributed by atoms with Crippen molar-refractivity contribution in [3.05, 3.63) is 52.4 Å². The van der Waals surface area contributed by atoms with Gasteiger partial charge < -0.3 is 14.6 Å². The minimum absolute atomic E-state index is 0.0527. The van der Waals surface area contributed by atoms with Crippen molar-refractivity contribution in [2.24, 2.45) is 0 Å². The molecule has 1 unspecified atom stereocenters. The van der Waals surface area contributed by atoms with E-state index in [1.54, 1.807) is 6.92 Å². The van der Waals surface area contributed by atoms with E-state index in [9.17, 15) is 9.59 Å². The van der Waals surface area contributed by atoms with Gasteiger partial charge in [-0.25, -0.2) is 0 Å². The predicted molar refractivity (Wildman–Crippen MR) is 88.6 cm³/mol. The average Bonchev–Trinajstić information content (AvgIpc) is 2.95. The third-order valence-electron chi connectivity index (χ3n) is 3.88. The summed E-state index contributed by atoms with van der Waals surface area (Å²) in [5.41, 5.74) is 2.97. The van der Waals surface area contributed by atoms with Gasteiger partial charge in [0, 0.05) is 0 Å². The molecule has 0 aliphatic rings. The topological polar surface area (TPSA) is 81.4 Å². The minimum Gasteiger partial charge on any atom is -0.469 e. The lowest BCUT2D eigenvalue weighted by atomic mass is 10.0. The molecule has 128 valence electrons. The van der Waals surface area contributed by atoms with Crippen LogP contribution in [-0.2, 0) is 16.0 Å². The maximum absolute atomic E-state index is 12.7. The number of nitrogens with zero attached hydrogens (tertiary/aromatic N) is 1. The molecule has 0 saturated carbocycles. The summed E-state index contributed by atoms with van der Waals surface area (Å²) >= 11 is 0. The number of amides is 1. The molecule has 1 N–H and O–H groups in total. The van der Waals surface area contributed by atoms with E-state index in [0.717, 1.165) is 11.1 Å². The maximum Gasteiger partial charge on any atom is 0.307 e. The first-order chi connectivity index (χ1) is 11.5. The van der Waals surface area contributed by atoms with Crippen molar-refractivity contribution >= 4 is 11.9 Å². The molecule has 2 aromatic rings. The molecule has 6 nitrogen and oxygen atoms in total. The van der Waals surface area contributed by atoms with Crippen molar-refractivity contribution < 1.29 is 18.8 Å². The Morgan fingerprint density at radius 3 is 2.50 bits per heavy atom. The summed E-state index contributed by atoms with van der Waals surface area (Å²) in [4.78, 5) is 24.4. The van der Waals surface area contributed by atoms with E-state index < -0.39 is 12.0 Å². The maximum atomic E-state index is 12.7. The van der Waals surface area contributed by atoms with Gasteiger partial charge in [0.25, 0.3) is 5.91 Å². The van der Waals surface area contributed by atoms with Crippen molar-refractivity contribution in [2.75, 3.05) is 7.11 Å². The van der Waals surface area contributed by atoms with Gasteiger partial charge in [0.05, 0.1) is 25.3 Å². The molecule has 0 fully saturated rings. The number of carbonyl (C=O) groups is 2. The van der Waals surface area contributed by atoms with Crippen molar-refractivity contribution in [3.63, 3.8) is 0 Å². The van der Waals surface area contributed by atoms with Gasteiger partial charge in [-0.1, -0.05) is 41.9 Å². The number of hydrogen-bond acceptors (Lipinski definition) is 5. The van der Waals surface area contributed by atoms with Gasteiger partial charge in [0.15, 0.2) is 0 Å². The normalized spacial score (nSPS) is 11.8. The van der Waals surface area contributed by atoms with E-state index in [1.807, 2.05) is 38.1 Å². The molecule has 0 aliphatic heterocycles. The van der Waals surface area contributed by atoms with Crippen LogP contribution in [0.15, 0.2) is 28.8 Å². The monoisotopic (exact) mass is 330 g/mol. The number of hydrogen-bond donors (Lipinski definition) is 1. The predicted octanol–water partition coefficient (Wildman–Crippen LogP) is 2.89. The largest absolute Gasteiger partial charge is 0.469 e. The lowest BCUT2D eigenvalue weighted by Gasteiger charge is -2.18. The molecule has 1 aromatic carbocycles. The third-order valence-corrected chi connectivity index (χ3v) is 3.88. The van der Waals surface area contributed by atoms with Crippen LogP contribution in [0.25, 0.3) is 0 Å². The van der Waals surface area contributed by atoms with Crippen LogP contribution in [0.5, 0.6) is 0 Å². The van der Waals surface area contributed by atoms with Crippen molar-refractivity contribution in [1.29, 1.82) is 0 Å². The average molecular weight is 330 g/mol. The van der Waals surface area contributed by atoms with E-state index in [2.05, 4.69) is 10.5 Å². The van der Waals surface area contributed by atoms with Crippen LogP contribution in [0.2, 0.25) is 0 Å². The van der Waals surface area contributed by atoms with Gasteiger partial charge in [-0.3, -0.25) is 9.59 Å². The molecule has 0 radical (unpaired) electrons. The van der Waals surface area contributed by atoms with Crippen LogP contribution in [0.1, 0.15) is 52.3 Å². The van der Waals surface area contributed by atoms with Gasteiger partial charge in [-0.05, 0) is 25.8 Å². The molecule has 1 amide bonds. The van der Waals surface area contributed by atoms with E-state index in [-0.39, 0.29) is 12.3 Å². The molecule has 1 heterocycles. The van der Waals surface area contributed by atoms with Crippen LogP contribution in [-0.4, -0.2) is 24.1 Å². The molecule has 6 heteroatoms. The highest BCUT2D eigenvalue weighted by Gasteiger charge is 2.24. The first-order valence-electron chi connectivity index (χ1n) is 7.85. The molecule has 0 saturated heterocycles. The fraction of sp³-hybridized carbons (Fsp3) is 0.389. The Kier molecular flexibility index (Phi) is 5.73. The number of nitrogens with one attached hydrogen (secondary N) is 1. The van der Waals surface area contributed by atoms with Gasteiger partial charge in [0.1, 0.15) is 11.3 Å². The van der Waals surface area contributed by atoms with Crippen molar-refractivity contribution in [3.8, 4) is 0 Å². The molecule has 0 bridgehead atoms. The Hall–Kier alpha value is -2.63. The Morgan fingerprint density at radius 1 is 1.25 bits per heavy atom. The number of methoxy groups -OCH3 is 1. The Labute approximate surface area is 141 Å². The van der Waals surface area contributed by atoms with Gasteiger partial charge in [-0.15, -0.1) is 0 Å². The second kappa shape index (κ2) is 7.77. The minimum atomic E-state index is -0.482. The Morgan fingerprint density at radius 2 is 1.92 bits per heavy atom. The number of aromatic nitrogens is 1. The lowest BCUT2D eigenvalue weighted by molar-refractivity contribution is -0.141. The van der Waals surface area contributed by atoms with Crippen LogP contribution >= 0.6 is 0 Å². The SMILES string of the molecule is CCc1noc(C)c1C(=O)NC(CC(=O)OC)c1ccc(C)cc1. The van der Waals surface area contributed by atoms with E-state index >= 15 is 0 Å². The Bertz CT molecular complexity index is 719. The summed E-state index contributed by atoms with van der Waals surface area (Å²) in [7, 11) is 1.33. The molecular weight excluding hydrogens is 308 g/mol. The zero-order valence-corrected chi connectivity index (χ0v) is 14.4. The summed E-state index contributed by atoms with van der Waals surface area (Å²) in [6.07, 6.45) is 0.642. The molecule has 1 aromatic heterocycles. The number of esters is 1. The lowest BCUT2D eigenvalue weighted by Crippen LogP contribution is -2.31. The van der Waals surface area contributed by atoms with Gasteiger partial charge in [0.2, 0.25) is 0 Å². The van der Waals surface area contributed by atoms with E-state index in [4.69, 9.17) is 9.26 Å². The highest BCUT2D eigenvalue weighted by molar-refractivity contribution is 5.96. The smallest absolute Gasteiger partial charge is 0.307 e. The highest BCUT2D eigenvalue weighted by Crippen LogP contribution is 2.21. The molecule has 0 aliphatic carbocycles. The zero-order chi connectivity index (χ0) is 17.7. The summed E-state index contributed by atoms with van der Waals surface area (Å²) in [5.74, 6) is -0.233. The molecule has 24 heavy (non-hydrogen) atoms. The van der Waals surface area contributed by atoms with Crippen LogP contribution in [0, 0.1) is 13.8 Å². The standard InChI is InChI=1S/C18H22N2O4/c1-5-14-17(12(3)24-20-14)18(22)19-15(10-16(21)23-4)13-8-6-11(2)7-9-13/h6-9,15H,5,10H2,1-4H3,(H,19,22). The second-order valence-electron chi connectivity index (χ2n) is 5.63. The zero-order valence-electron chi connectivity index (χ0n) is 14.4. The summed E-state index contributed by atoms with van der Waals surface area (Å²) in [6, 6.07) is 7.18. The van der Waals surface area contributed by atoms with Gasteiger partial charge in [-0.2, -0.15) is 0 Å². The van der Waals surface area contributed by atoms with Crippen molar-refractivity contribution in [2.45, 2.75) is 39.7 Å². The Balaban J connectivity index is 2.27. The number of rotatable bonds is 6. The van der Waals surface area contributed by atoms with Crippen LogP contribution < -0.4 is 5.32 Å². The molecular formula is C18H22N2O4. The fourth-order valence-electron chi connectivity index (χ4n) is 2.48. The fourth-order valence-corrected chi connectivity index (χ4v) is 2.48. The van der Waals surface area contributed by atoms with Crippen LogP contribution in [0.4, 0.5) is 0 Å². The van der Waals surface area contributed by atoms with Crippen LogP contribution in [0.3, 0.4) is 0 Å². The molecule has 0 spiro atoms. The summed E-state index contributed by atoms with van der Waals surface area (Å²) in [6.45, 7) is 5.58. The van der Waals surface area contributed by atoms with E-state index in [1.165, 1.54) is 7.11 Å². The first kappa shape index (κ1) is 17.7. The van der Waals surface area contributed by atoms with Crippen molar-refractivity contribution in [1.82, 2.24) is 10.5 Å². The summed E-state index contributed by atoms with van der Waals surface area (Å²) < 4.78 is 9.86.